The summed E-state index contributed by atoms with van der Waals surface area (Å²) in [6, 6.07) is 13.3. The molecule has 1 N–H and O–H groups in total. The van der Waals surface area contributed by atoms with Crippen LogP contribution in [0.1, 0.15) is 27.9 Å². The van der Waals surface area contributed by atoms with E-state index in [0.717, 1.165) is 19.3 Å². The van der Waals surface area contributed by atoms with Crippen LogP contribution in [0.3, 0.4) is 0 Å². The molecule has 0 fully saturated rings. The lowest BCUT2D eigenvalue weighted by Crippen LogP contribution is -2.38. The number of ether oxygens (including phenoxy) is 3. The van der Waals surface area contributed by atoms with E-state index < -0.39 is 5.97 Å². The lowest BCUT2D eigenvalue weighted by molar-refractivity contribution is -0.142. The number of hydrogen-bond donors (Lipinski definition) is 1. The Kier molecular flexibility index (Phi) is 5.96. The third-order valence-electron chi connectivity index (χ3n) is 4.68. The molecular weight excluding hydrogens is 346 g/mol. The maximum Gasteiger partial charge on any atom is 0.343 e. The van der Waals surface area contributed by atoms with Gasteiger partial charge in [-0.3, -0.25) is 4.79 Å². The predicted octanol–water partition coefficient (Wildman–Crippen LogP) is 2.53. The Bertz CT molecular complexity index is 833. The minimum atomic E-state index is -0.489. The molecule has 6 nitrogen and oxygen atoms in total. The van der Waals surface area contributed by atoms with Gasteiger partial charge in [0.25, 0.3) is 5.91 Å². The molecule has 1 amide bonds. The number of rotatable bonds is 6. The van der Waals surface area contributed by atoms with Gasteiger partial charge in [-0.1, -0.05) is 24.3 Å². The number of carbonyl (C=O) groups excluding carboxylic acids is 2. The van der Waals surface area contributed by atoms with Crippen LogP contribution in [0.2, 0.25) is 0 Å². The van der Waals surface area contributed by atoms with Gasteiger partial charge in [0.1, 0.15) is 0 Å². The summed E-state index contributed by atoms with van der Waals surface area (Å²) in [5.74, 6) is 0.125. The van der Waals surface area contributed by atoms with E-state index >= 15 is 0 Å². The molecule has 0 saturated carbocycles. The van der Waals surface area contributed by atoms with Crippen LogP contribution >= 0.6 is 0 Å². The van der Waals surface area contributed by atoms with E-state index in [1.165, 1.54) is 25.3 Å². The summed E-state index contributed by atoms with van der Waals surface area (Å²) in [7, 11) is 2.78. The number of nitrogens with one attached hydrogen (secondary N) is 1. The Morgan fingerprint density at radius 1 is 1.07 bits per heavy atom. The summed E-state index contributed by atoms with van der Waals surface area (Å²) in [6.07, 6.45) is 2.71. The molecule has 0 heterocycles. The molecule has 0 aromatic heterocycles. The largest absolute Gasteiger partial charge is 0.493 e. The molecule has 0 spiro atoms. The smallest absolute Gasteiger partial charge is 0.343 e. The highest BCUT2D eigenvalue weighted by Gasteiger charge is 2.21. The second-order valence-corrected chi connectivity index (χ2v) is 6.41. The average Bonchev–Trinajstić information content (AvgIpc) is 2.71. The standard InChI is InChI=1S/C21H23NO5/c1-25-19-12-16(8-10-18(19)27-13-20(23)26-2)21(24)22-17-9-7-14-5-3-4-6-15(14)11-17/h3-6,8,10,12,17H,7,9,11,13H2,1-2H3,(H,22,24). The van der Waals surface area contributed by atoms with E-state index in [1.807, 2.05) is 12.1 Å². The van der Waals surface area contributed by atoms with Crippen LogP contribution in [-0.4, -0.2) is 38.7 Å². The molecule has 0 aliphatic heterocycles. The van der Waals surface area contributed by atoms with Gasteiger partial charge in [-0.05, 0) is 48.6 Å². The maximum atomic E-state index is 12.6. The molecule has 0 radical (unpaired) electrons. The normalized spacial score (nSPS) is 15.4. The summed E-state index contributed by atoms with van der Waals surface area (Å²) >= 11 is 0. The van der Waals surface area contributed by atoms with Gasteiger partial charge in [-0.2, -0.15) is 0 Å². The van der Waals surface area contributed by atoms with Crippen LogP contribution in [0, 0.1) is 0 Å². The second-order valence-electron chi connectivity index (χ2n) is 6.41. The third kappa shape index (κ3) is 4.58. The molecule has 1 atom stereocenters. The van der Waals surface area contributed by atoms with Crippen LogP contribution in [0.15, 0.2) is 42.5 Å². The number of esters is 1. The van der Waals surface area contributed by atoms with Gasteiger partial charge in [-0.15, -0.1) is 0 Å². The van der Waals surface area contributed by atoms with Crippen molar-refractivity contribution in [1.29, 1.82) is 0 Å². The first-order chi connectivity index (χ1) is 13.1. The molecule has 3 rings (SSSR count). The Balaban J connectivity index is 1.65. The quantitative estimate of drug-likeness (QED) is 0.792. The summed E-state index contributed by atoms with van der Waals surface area (Å²) in [6.45, 7) is -0.222. The highest BCUT2D eigenvalue weighted by atomic mass is 16.6. The highest BCUT2D eigenvalue weighted by molar-refractivity contribution is 5.95. The fourth-order valence-electron chi connectivity index (χ4n) is 3.21. The second kappa shape index (κ2) is 8.58. The van der Waals surface area contributed by atoms with Crippen molar-refractivity contribution in [2.24, 2.45) is 0 Å². The summed E-state index contributed by atoms with van der Waals surface area (Å²) in [5.41, 5.74) is 3.13. The van der Waals surface area contributed by atoms with E-state index in [1.54, 1.807) is 18.2 Å². The topological polar surface area (TPSA) is 73.9 Å². The summed E-state index contributed by atoms with van der Waals surface area (Å²) < 4.78 is 15.2. The van der Waals surface area contributed by atoms with Crippen molar-refractivity contribution in [1.82, 2.24) is 5.32 Å². The SMILES string of the molecule is COC(=O)COc1ccc(C(=O)NC2CCc3ccccc3C2)cc1OC. The Morgan fingerprint density at radius 2 is 1.85 bits per heavy atom. The zero-order valence-electron chi connectivity index (χ0n) is 15.5. The minimum absolute atomic E-state index is 0.105. The first-order valence-electron chi connectivity index (χ1n) is 8.86. The lowest BCUT2D eigenvalue weighted by atomic mass is 9.88. The van der Waals surface area contributed by atoms with Crippen LogP contribution in [0.4, 0.5) is 0 Å². The van der Waals surface area contributed by atoms with E-state index in [-0.39, 0.29) is 18.6 Å². The van der Waals surface area contributed by atoms with Crippen LogP contribution in [-0.2, 0) is 22.4 Å². The number of fused-ring (bicyclic) bond motifs is 1. The minimum Gasteiger partial charge on any atom is -0.493 e. The van der Waals surface area contributed by atoms with Gasteiger partial charge in [-0.25, -0.2) is 4.79 Å². The van der Waals surface area contributed by atoms with Crippen molar-refractivity contribution < 1.29 is 23.8 Å². The molecule has 1 aliphatic carbocycles. The molecule has 27 heavy (non-hydrogen) atoms. The van der Waals surface area contributed by atoms with Crippen molar-refractivity contribution >= 4 is 11.9 Å². The molecule has 0 saturated heterocycles. The lowest BCUT2D eigenvalue weighted by Gasteiger charge is -2.25. The molecule has 1 aliphatic rings. The predicted molar refractivity (Wildman–Crippen MR) is 100 cm³/mol. The molecule has 2 aromatic rings. The first-order valence-corrected chi connectivity index (χ1v) is 8.86. The average molecular weight is 369 g/mol. The van der Waals surface area contributed by atoms with Gasteiger partial charge in [0.2, 0.25) is 0 Å². The van der Waals surface area contributed by atoms with Crippen molar-refractivity contribution in [3.63, 3.8) is 0 Å². The maximum absolute atomic E-state index is 12.6. The molecule has 142 valence electrons. The number of benzene rings is 2. The highest BCUT2D eigenvalue weighted by Crippen LogP contribution is 2.28. The molecule has 1 unspecified atom stereocenters. The monoisotopic (exact) mass is 369 g/mol. The molecular formula is C21H23NO5. The van der Waals surface area contributed by atoms with Crippen LogP contribution < -0.4 is 14.8 Å². The number of amides is 1. The number of aryl methyl sites for hydroxylation is 1. The van der Waals surface area contributed by atoms with Gasteiger partial charge < -0.3 is 19.5 Å². The molecule has 2 aromatic carbocycles. The Labute approximate surface area is 158 Å². The Morgan fingerprint density at radius 3 is 2.59 bits per heavy atom. The summed E-state index contributed by atoms with van der Waals surface area (Å²) in [4.78, 5) is 23.9. The number of hydrogen-bond acceptors (Lipinski definition) is 5. The fraction of sp³-hybridized carbons (Fsp3) is 0.333. The first kappa shape index (κ1) is 18.8. The van der Waals surface area contributed by atoms with Crippen LogP contribution in [0.5, 0.6) is 11.5 Å². The van der Waals surface area contributed by atoms with E-state index in [9.17, 15) is 9.59 Å². The number of carbonyl (C=O) groups is 2. The van der Waals surface area contributed by atoms with Crippen molar-refractivity contribution in [2.75, 3.05) is 20.8 Å². The van der Waals surface area contributed by atoms with Gasteiger partial charge in [0.15, 0.2) is 18.1 Å². The van der Waals surface area contributed by atoms with Crippen molar-refractivity contribution in [3.8, 4) is 11.5 Å². The summed E-state index contributed by atoms with van der Waals surface area (Å²) in [5, 5.41) is 3.10. The van der Waals surface area contributed by atoms with Gasteiger partial charge in [0.05, 0.1) is 14.2 Å². The molecule has 6 heteroatoms. The van der Waals surface area contributed by atoms with E-state index in [4.69, 9.17) is 9.47 Å². The van der Waals surface area contributed by atoms with E-state index in [2.05, 4.69) is 22.2 Å². The fourth-order valence-corrected chi connectivity index (χ4v) is 3.21. The molecule has 0 bridgehead atoms. The zero-order valence-corrected chi connectivity index (χ0v) is 15.5. The van der Waals surface area contributed by atoms with Crippen molar-refractivity contribution in [2.45, 2.75) is 25.3 Å². The zero-order chi connectivity index (χ0) is 19.2. The number of methoxy groups -OCH3 is 2. The van der Waals surface area contributed by atoms with Gasteiger partial charge >= 0.3 is 5.97 Å². The third-order valence-corrected chi connectivity index (χ3v) is 4.68. The Hall–Kier alpha value is -3.02. The van der Waals surface area contributed by atoms with Crippen LogP contribution in [0.25, 0.3) is 0 Å². The van der Waals surface area contributed by atoms with Crippen molar-refractivity contribution in [3.05, 3.63) is 59.2 Å². The van der Waals surface area contributed by atoms with Gasteiger partial charge in [0, 0.05) is 11.6 Å². The van der Waals surface area contributed by atoms with E-state index in [0.29, 0.717) is 17.1 Å².